The monoisotopic (exact) mass is 329 g/mol. The standard InChI is InChI=1S/C17H16FN3O3/c1-21(11-12-4-6-13(18)7-5-12)16(22)9-8-15-19-17(20-24-15)14-3-2-10-23-14/h2-7,10H,8-9,11H2,1H3. The molecule has 2 aromatic heterocycles. The van der Waals surface area contributed by atoms with Crippen molar-refractivity contribution in [3.05, 3.63) is 59.9 Å². The molecule has 124 valence electrons. The predicted molar refractivity (Wildman–Crippen MR) is 83.2 cm³/mol. The lowest BCUT2D eigenvalue weighted by Crippen LogP contribution is -2.26. The SMILES string of the molecule is CN(Cc1ccc(F)cc1)C(=O)CCc1nc(-c2ccco2)no1. The van der Waals surface area contributed by atoms with Crippen LogP contribution in [0, 0.1) is 5.82 Å². The van der Waals surface area contributed by atoms with Gasteiger partial charge in [-0.2, -0.15) is 4.98 Å². The first-order valence-electron chi connectivity index (χ1n) is 7.46. The van der Waals surface area contributed by atoms with Crippen LogP contribution in [0.1, 0.15) is 17.9 Å². The van der Waals surface area contributed by atoms with Crippen molar-refractivity contribution in [2.45, 2.75) is 19.4 Å². The largest absolute Gasteiger partial charge is 0.461 e. The topological polar surface area (TPSA) is 72.4 Å². The third-order valence-electron chi connectivity index (χ3n) is 3.52. The maximum atomic E-state index is 12.9. The lowest BCUT2D eigenvalue weighted by Gasteiger charge is -2.16. The van der Waals surface area contributed by atoms with Crippen molar-refractivity contribution in [2.75, 3.05) is 7.05 Å². The number of aryl methyl sites for hydroxylation is 1. The van der Waals surface area contributed by atoms with Crippen LogP contribution in [0.3, 0.4) is 0 Å². The number of benzene rings is 1. The molecular formula is C17H16FN3O3. The van der Waals surface area contributed by atoms with Crippen molar-refractivity contribution >= 4 is 5.91 Å². The highest BCUT2D eigenvalue weighted by atomic mass is 19.1. The minimum atomic E-state index is -0.295. The van der Waals surface area contributed by atoms with E-state index in [0.29, 0.717) is 30.4 Å². The third-order valence-corrected chi connectivity index (χ3v) is 3.52. The first-order chi connectivity index (χ1) is 11.6. The van der Waals surface area contributed by atoms with Crippen LogP contribution < -0.4 is 0 Å². The zero-order valence-electron chi connectivity index (χ0n) is 13.1. The van der Waals surface area contributed by atoms with Gasteiger partial charge in [-0.25, -0.2) is 4.39 Å². The third kappa shape index (κ3) is 3.87. The number of furan rings is 1. The summed E-state index contributed by atoms with van der Waals surface area (Å²) in [5, 5.41) is 3.82. The van der Waals surface area contributed by atoms with Crippen molar-refractivity contribution in [3.8, 4) is 11.6 Å². The predicted octanol–water partition coefficient (Wildman–Crippen LogP) is 3.06. The van der Waals surface area contributed by atoms with Crippen molar-refractivity contribution in [3.63, 3.8) is 0 Å². The zero-order chi connectivity index (χ0) is 16.9. The minimum absolute atomic E-state index is 0.0583. The molecule has 1 amide bonds. The average molecular weight is 329 g/mol. The summed E-state index contributed by atoms with van der Waals surface area (Å²) in [5.74, 6) is 0.908. The van der Waals surface area contributed by atoms with E-state index < -0.39 is 0 Å². The Labute approximate surface area is 137 Å². The quantitative estimate of drug-likeness (QED) is 0.695. The van der Waals surface area contributed by atoms with Crippen LogP contribution >= 0.6 is 0 Å². The fraction of sp³-hybridized carbons (Fsp3) is 0.235. The Bertz CT molecular complexity index is 797. The van der Waals surface area contributed by atoms with Crippen LogP contribution in [0.2, 0.25) is 0 Å². The number of amides is 1. The van der Waals surface area contributed by atoms with Crippen LogP contribution in [0.4, 0.5) is 4.39 Å². The van der Waals surface area contributed by atoms with Crippen LogP contribution in [0.15, 0.2) is 51.6 Å². The van der Waals surface area contributed by atoms with Crippen molar-refractivity contribution < 1.29 is 18.1 Å². The van der Waals surface area contributed by atoms with E-state index in [1.807, 2.05) is 0 Å². The fourth-order valence-electron chi connectivity index (χ4n) is 2.22. The van der Waals surface area contributed by atoms with Gasteiger partial charge in [-0.3, -0.25) is 4.79 Å². The zero-order valence-corrected chi connectivity index (χ0v) is 13.1. The fourth-order valence-corrected chi connectivity index (χ4v) is 2.22. The Morgan fingerprint density at radius 3 is 2.75 bits per heavy atom. The molecular weight excluding hydrogens is 313 g/mol. The van der Waals surface area contributed by atoms with E-state index in [9.17, 15) is 9.18 Å². The van der Waals surface area contributed by atoms with Gasteiger partial charge in [0.1, 0.15) is 5.82 Å². The summed E-state index contributed by atoms with van der Waals surface area (Å²) in [6, 6.07) is 9.54. The van der Waals surface area contributed by atoms with Crippen molar-refractivity contribution in [1.82, 2.24) is 15.0 Å². The molecule has 0 aliphatic heterocycles. The van der Waals surface area contributed by atoms with Gasteiger partial charge in [0, 0.05) is 26.4 Å². The number of rotatable bonds is 6. The van der Waals surface area contributed by atoms with Gasteiger partial charge in [0.2, 0.25) is 17.6 Å². The van der Waals surface area contributed by atoms with E-state index in [-0.39, 0.29) is 18.1 Å². The summed E-state index contributed by atoms with van der Waals surface area (Å²) < 4.78 is 23.2. The highest BCUT2D eigenvalue weighted by Gasteiger charge is 2.14. The number of hydrogen-bond acceptors (Lipinski definition) is 5. The summed E-state index contributed by atoms with van der Waals surface area (Å²) in [5.41, 5.74) is 0.866. The Balaban J connectivity index is 1.52. The van der Waals surface area contributed by atoms with Gasteiger partial charge >= 0.3 is 0 Å². The number of carbonyl (C=O) groups excluding carboxylic acids is 1. The summed E-state index contributed by atoms with van der Waals surface area (Å²) in [7, 11) is 1.70. The Morgan fingerprint density at radius 2 is 2.04 bits per heavy atom. The van der Waals surface area contributed by atoms with E-state index in [1.54, 1.807) is 36.2 Å². The molecule has 3 aromatic rings. The van der Waals surface area contributed by atoms with Crippen molar-refractivity contribution in [2.24, 2.45) is 0 Å². The van der Waals surface area contributed by atoms with E-state index in [2.05, 4.69) is 10.1 Å². The highest BCUT2D eigenvalue weighted by Crippen LogP contribution is 2.16. The Kier molecular flexibility index (Phi) is 4.69. The lowest BCUT2D eigenvalue weighted by molar-refractivity contribution is -0.130. The number of carbonyl (C=O) groups is 1. The summed E-state index contributed by atoms with van der Waals surface area (Å²) in [6.07, 6.45) is 2.12. The molecule has 7 heteroatoms. The number of nitrogens with zero attached hydrogens (tertiary/aromatic N) is 3. The second-order valence-corrected chi connectivity index (χ2v) is 5.37. The Morgan fingerprint density at radius 1 is 1.25 bits per heavy atom. The maximum absolute atomic E-state index is 12.9. The smallest absolute Gasteiger partial charge is 0.238 e. The van der Waals surface area contributed by atoms with E-state index in [1.165, 1.54) is 18.4 Å². The van der Waals surface area contributed by atoms with E-state index in [0.717, 1.165) is 5.56 Å². The molecule has 2 heterocycles. The molecule has 0 atom stereocenters. The minimum Gasteiger partial charge on any atom is -0.461 e. The number of halogens is 1. The van der Waals surface area contributed by atoms with Gasteiger partial charge in [-0.05, 0) is 29.8 Å². The highest BCUT2D eigenvalue weighted by molar-refractivity contribution is 5.76. The van der Waals surface area contributed by atoms with Crippen LogP contribution in [-0.4, -0.2) is 28.0 Å². The summed E-state index contributed by atoms with van der Waals surface area (Å²) in [4.78, 5) is 17.9. The molecule has 1 aromatic carbocycles. The van der Waals surface area contributed by atoms with Gasteiger partial charge < -0.3 is 13.8 Å². The van der Waals surface area contributed by atoms with E-state index in [4.69, 9.17) is 8.94 Å². The summed E-state index contributed by atoms with van der Waals surface area (Å²) in [6.45, 7) is 0.417. The lowest BCUT2D eigenvalue weighted by atomic mass is 10.2. The first-order valence-corrected chi connectivity index (χ1v) is 7.46. The van der Waals surface area contributed by atoms with E-state index >= 15 is 0 Å². The van der Waals surface area contributed by atoms with Gasteiger partial charge in [0.05, 0.1) is 6.26 Å². The second-order valence-electron chi connectivity index (χ2n) is 5.37. The molecule has 0 aliphatic rings. The molecule has 24 heavy (non-hydrogen) atoms. The van der Waals surface area contributed by atoms with Crippen LogP contribution in [0.25, 0.3) is 11.6 Å². The molecule has 0 saturated heterocycles. The molecule has 0 aliphatic carbocycles. The molecule has 0 unspecified atom stereocenters. The van der Waals surface area contributed by atoms with Gasteiger partial charge in [0.25, 0.3) is 0 Å². The molecule has 0 saturated carbocycles. The van der Waals surface area contributed by atoms with Crippen molar-refractivity contribution in [1.29, 1.82) is 0 Å². The molecule has 0 radical (unpaired) electrons. The first kappa shape index (κ1) is 15.9. The number of hydrogen-bond donors (Lipinski definition) is 0. The normalized spacial score (nSPS) is 10.8. The number of aromatic nitrogens is 2. The average Bonchev–Trinajstić information content (AvgIpc) is 3.25. The Hall–Kier alpha value is -2.96. The van der Waals surface area contributed by atoms with Gasteiger partial charge in [-0.1, -0.05) is 17.3 Å². The van der Waals surface area contributed by atoms with Crippen LogP contribution in [0.5, 0.6) is 0 Å². The van der Waals surface area contributed by atoms with Gasteiger partial charge in [-0.15, -0.1) is 0 Å². The molecule has 0 fully saturated rings. The second kappa shape index (κ2) is 7.08. The molecule has 0 N–H and O–H groups in total. The molecule has 6 nitrogen and oxygen atoms in total. The maximum Gasteiger partial charge on any atom is 0.238 e. The van der Waals surface area contributed by atoms with Gasteiger partial charge in [0.15, 0.2) is 5.76 Å². The molecule has 0 spiro atoms. The van der Waals surface area contributed by atoms with Crippen LogP contribution in [-0.2, 0) is 17.8 Å². The molecule has 3 rings (SSSR count). The molecule has 0 bridgehead atoms. The summed E-state index contributed by atoms with van der Waals surface area (Å²) >= 11 is 0.